The third-order valence-corrected chi connectivity index (χ3v) is 3.08. The largest absolute Gasteiger partial charge is 0.481 e. The second-order valence-electron chi connectivity index (χ2n) is 3.84. The lowest BCUT2D eigenvalue weighted by molar-refractivity contribution is -0.138. The van der Waals surface area contributed by atoms with Crippen LogP contribution in [0.3, 0.4) is 0 Å². The van der Waals surface area contributed by atoms with E-state index in [1.54, 1.807) is 24.3 Å². The summed E-state index contributed by atoms with van der Waals surface area (Å²) in [7, 11) is 0. The maximum Gasteiger partial charge on any atom is 0.303 e. The van der Waals surface area contributed by atoms with Crippen molar-refractivity contribution in [3.63, 3.8) is 0 Å². The minimum Gasteiger partial charge on any atom is -0.481 e. The highest BCUT2D eigenvalue weighted by Crippen LogP contribution is 2.15. The van der Waals surface area contributed by atoms with Crippen LogP contribution >= 0.6 is 15.9 Å². The zero-order chi connectivity index (χ0) is 13.5. The van der Waals surface area contributed by atoms with Crippen molar-refractivity contribution in [2.45, 2.75) is 6.42 Å². The van der Waals surface area contributed by atoms with Gasteiger partial charge in [0.1, 0.15) is 0 Å². The first-order valence-electron chi connectivity index (χ1n) is 5.40. The summed E-state index contributed by atoms with van der Waals surface area (Å²) in [4.78, 5) is 22.3. The van der Waals surface area contributed by atoms with Gasteiger partial charge in [-0.25, -0.2) is 0 Å². The van der Waals surface area contributed by atoms with Crippen molar-refractivity contribution < 1.29 is 19.8 Å². The molecule has 0 saturated carbocycles. The van der Waals surface area contributed by atoms with E-state index in [2.05, 4.69) is 21.2 Å². The molecule has 0 aliphatic heterocycles. The topological polar surface area (TPSA) is 86.6 Å². The predicted molar refractivity (Wildman–Crippen MR) is 69.3 cm³/mol. The van der Waals surface area contributed by atoms with Crippen molar-refractivity contribution >= 4 is 27.8 Å². The van der Waals surface area contributed by atoms with Crippen molar-refractivity contribution in [3.8, 4) is 0 Å². The summed E-state index contributed by atoms with van der Waals surface area (Å²) < 4.78 is 0.668. The second kappa shape index (κ2) is 7.13. The highest BCUT2D eigenvalue weighted by atomic mass is 79.9. The molecule has 0 aliphatic carbocycles. The maximum absolute atomic E-state index is 11.8. The summed E-state index contributed by atoms with van der Waals surface area (Å²) in [5, 5.41) is 20.2. The smallest absolute Gasteiger partial charge is 0.303 e. The monoisotopic (exact) mass is 315 g/mol. The number of aliphatic hydroxyl groups is 1. The number of halogens is 1. The number of aliphatic carboxylic acids is 1. The number of hydrogen-bond donors (Lipinski definition) is 3. The van der Waals surface area contributed by atoms with E-state index in [0.29, 0.717) is 10.0 Å². The van der Waals surface area contributed by atoms with Crippen molar-refractivity contribution in [2.75, 3.05) is 13.2 Å². The Morgan fingerprint density at radius 3 is 2.56 bits per heavy atom. The number of carboxylic acids is 1. The summed E-state index contributed by atoms with van der Waals surface area (Å²) in [6.07, 6.45) is -0.174. The lowest BCUT2D eigenvalue weighted by atomic mass is 10.1. The Balaban J connectivity index is 2.55. The van der Waals surface area contributed by atoms with Gasteiger partial charge in [0.2, 0.25) is 0 Å². The molecule has 0 aliphatic rings. The molecular weight excluding hydrogens is 302 g/mol. The molecule has 5 nitrogen and oxygen atoms in total. The van der Waals surface area contributed by atoms with E-state index >= 15 is 0 Å². The number of benzene rings is 1. The number of nitrogens with one attached hydrogen (secondary N) is 1. The lowest BCUT2D eigenvalue weighted by Crippen LogP contribution is -2.32. The third-order valence-electron chi connectivity index (χ3n) is 2.39. The third kappa shape index (κ3) is 4.46. The Bertz CT molecular complexity index is 436. The summed E-state index contributed by atoms with van der Waals surface area (Å²) in [5.74, 6) is -1.77. The van der Waals surface area contributed by atoms with Crippen LogP contribution in [0.1, 0.15) is 16.8 Å². The summed E-state index contributed by atoms with van der Waals surface area (Å²) in [5.41, 5.74) is 0.476. The molecule has 3 N–H and O–H groups in total. The van der Waals surface area contributed by atoms with Crippen LogP contribution in [-0.4, -0.2) is 35.2 Å². The van der Waals surface area contributed by atoms with Gasteiger partial charge in [-0.15, -0.1) is 0 Å². The van der Waals surface area contributed by atoms with Crippen molar-refractivity contribution in [3.05, 3.63) is 34.3 Å². The van der Waals surface area contributed by atoms with Crippen LogP contribution in [-0.2, 0) is 4.79 Å². The fourth-order valence-electron chi connectivity index (χ4n) is 1.43. The Labute approximate surface area is 113 Å². The number of rotatable bonds is 6. The molecule has 6 heteroatoms. The van der Waals surface area contributed by atoms with E-state index in [4.69, 9.17) is 10.2 Å². The number of carboxylic acid groups (broad SMARTS) is 1. The number of aliphatic hydroxyl groups excluding tert-OH is 1. The molecule has 98 valence electrons. The molecule has 1 aromatic carbocycles. The molecule has 0 bridgehead atoms. The Morgan fingerprint density at radius 1 is 1.33 bits per heavy atom. The van der Waals surface area contributed by atoms with Gasteiger partial charge in [0.25, 0.3) is 5.91 Å². The molecule has 0 spiro atoms. The molecule has 0 fully saturated rings. The van der Waals surface area contributed by atoms with Crippen LogP contribution in [0.15, 0.2) is 28.7 Å². The van der Waals surface area contributed by atoms with E-state index in [0.717, 1.165) is 0 Å². The van der Waals surface area contributed by atoms with Gasteiger partial charge < -0.3 is 15.5 Å². The zero-order valence-electron chi connectivity index (χ0n) is 9.60. The molecule has 18 heavy (non-hydrogen) atoms. The van der Waals surface area contributed by atoms with E-state index in [1.807, 2.05) is 0 Å². The fraction of sp³-hybridized carbons (Fsp3) is 0.333. The first-order chi connectivity index (χ1) is 8.54. The van der Waals surface area contributed by atoms with Gasteiger partial charge >= 0.3 is 5.97 Å². The Hall–Kier alpha value is -1.40. The van der Waals surface area contributed by atoms with Crippen molar-refractivity contribution in [1.82, 2.24) is 5.32 Å². The molecular formula is C12H14BrNO4. The van der Waals surface area contributed by atoms with Gasteiger partial charge in [-0.2, -0.15) is 0 Å². The van der Waals surface area contributed by atoms with Crippen LogP contribution < -0.4 is 5.32 Å². The average Bonchev–Trinajstić information content (AvgIpc) is 2.34. The summed E-state index contributed by atoms with van der Waals surface area (Å²) >= 11 is 3.26. The van der Waals surface area contributed by atoms with Gasteiger partial charge in [-0.05, 0) is 28.1 Å². The van der Waals surface area contributed by atoms with Gasteiger partial charge in [0.15, 0.2) is 0 Å². The second-order valence-corrected chi connectivity index (χ2v) is 4.69. The SMILES string of the molecule is O=C(O)CC(CO)CNC(=O)c1ccccc1Br. The molecule has 1 unspecified atom stereocenters. The van der Waals surface area contributed by atoms with Crippen LogP contribution in [0, 0.1) is 5.92 Å². The van der Waals surface area contributed by atoms with E-state index in [-0.39, 0.29) is 25.5 Å². The molecule has 0 saturated heterocycles. The minimum absolute atomic E-state index is 0.128. The standard InChI is InChI=1S/C12H14BrNO4/c13-10-4-2-1-3-9(10)12(18)14-6-8(7-15)5-11(16)17/h1-4,8,15H,5-7H2,(H,14,18)(H,16,17). The van der Waals surface area contributed by atoms with Gasteiger partial charge in [0.05, 0.1) is 12.0 Å². The molecule has 0 aromatic heterocycles. The van der Waals surface area contributed by atoms with Gasteiger partial charge in [0, 0.05) is 23.5 Å². The number of amides is 1. The Kier molecular flexibility index (Phi) is 5.80. The van der Waals surface area contributed by atoms with Crippen LogP contribution in [0.2, 0.25) is 0 Å². The number of carbonyl (C=O) groups excluding carboxylic acids is 1. The fourth-order valence-corrected chi connectivity index (χ4v) is 1.89. The molecule has 0 radical (unpaired) electrons. The first kappa shape index (κ1) is 14.7. The summed E-state index contributed by atoms with van der Waals surface area (Å²) in [6.45, 7) is -0.147. The zero-order valence-corrected chi connectivity index (χ0v) is 11.2. The number of hydrogen-bond acceptors (Lipinski definition) is 3. The first-order valence-corrected chi connectivity index (χ1v) is 6.19. The highest BCUT2D eigenvalue weighted by Gasteiger charge is 2.15. The summed E-state index contributed by atoms with van der Waals surface area (Å²) in [6, 6.07) is 6.93. The predicted octanol–water partition coefficient (Wildman–Crippen LogP) is 1.26. The van der Waals surface area contributed by atoms with Crippen molar-refractivity contribution in [1.29, 1.82) is 0 Å². The van der Waals surface area contributed by atoms with Crippen LogP contribution in [0.25, 0.3) is 0 Å². The molecule has 1 amide bonds. The quantitative estimate of drug-likeness (QED) is 0.737. The molecule has 1 aromatic rings. The lowest BCUT2D eigenvalue weighted by Gasteiger charge is -2.13. The van der Waals surface area contributed by atoms with Crippen LogP contribution in [0.5, 0.6) is 0 Å². The van der Waals surface area contributed by atoms with E-state index in [9.17, 15) is 9.59 Å². The van der Waals surface area contributed by atoms with E-state index < -0.39 is 11.9 Å². The van der Waals surface area contributed by atoms with Crippen molar-refractivity contribution in [2.24, 2.45) is 5.92 Å². The molecule has 1 rings (SSSR count). The Morgan fingerprint density at radius 2 is 2.00 bits per heavy atom. The normalized spacial score (nSPS) is 11.9. The van der Waals surface area contributed by atoms with Crippen LogP contribution in [0.4, 0.5) is 0 Å². The number of carbonyl (C=O) groups is 2. The highest BCUT2D eigenvalue weighted by molar-refractivity contribution is 9.10. The van der Waals surface area contributed by atoms with Gasteiger partial charge in [-0.3, -0.25) is 9.59 Å². The maximum atomic E-state index is 11.8. The average molecular weight is 316 g/mol. The molecule has 1 atom stereocenters. The molecule has 0 heterocycles. The van der Waals surface area contributed by atoms with Gasteiger partial charge in [-0.1, -0.05) is 12.1 Å². The van der Waals surface area contributed by atoms with E-state index in [1.165, 1.54) is 0 Å². The minimum atomic E-state index is -0.996.